The van der Waals surface area contributed by atoms with Crippen molar-refractivity contribution < 1.29 is 45.2 Å². The molecule has 166 valence electrons. The van der Waals surface area contributed by atoms with Crippen LogP contribution in [0.2, 0.25) is 0 Å². The summed E-state index contributed by atoms with van der Waals surface area (Å²) in [4.78, 5) is 24.6. The van der Waals surface area contributed by atoms with Crippen molar-refractivity contribution in [2.75, 3.05) is 13.4 Å². The highest BCUT2D eigenvalue weighted by atomic mass is 32.2. The van der Waals surface area contributed by atoms with E-state index in [9.17, 15) is 18.0 Å². The maximum Gasteiger partial charge on any atom is 0.338 e. The Labute approximate surface area is 176 Å². The molecule has 3 atom stereocenters. The van der Waals surface area contributed by atoms with Crippen LogP contribution in [0.4, 0.5) is 8.78 Å². The van der Waals surface area contributed by atoms with E-state index in [0.29, 0.717) is 6.26 Å². The molecule has 31 heavy (non-hydrogen) atoms. The Kier molecular flexibility index (Phi) is 6.39. The number of methoxy groups -OCH3 is 1. The summed E-state index contributed by atoms with van der Waals surface area (Å²) in [7, 11) is -3.25. The number of carbonyl (C=O) groups excluding carboxylic acids is 2. The summed E-state index contributed by atoms with van der Waals surface area (Å²) in [5.41, 5.74) is -0.211. The van der Waals surface area contributed by atoms with Gasteiger partial charge in [0.2, 0.25) is 12.4 Å². The molecule has 1 aliphatic rings. The number of carbonyl (C=O) groups is 2. The summed E-state index contributed by atoms with van der Waals surface area (Å²) in [5, 5.41) is 0. The molecule has 3 rings (SSSR count). The van der Waals surface area contributed by atoms with Gasteiger partial charge >= 0.3 is 17.9 Å². The Morgan fingerprint density at radius 3 is 2.23 bits per heavy atom. The van der Waals surface area contributed by atoms with Crippen molar-refractivity contribution >= 4 is 22.1 Å². The monoisotopic (exact) mass is 456 g/mol. The van der Waals surface area contributed by atoms with Crippen LogP contribution in [-0.4, -0.2) is 52.0 Å². The fraction of sp³-hybridized carbons (Fsp3) is 0.300. The average Bonchev–Trinajstić information content (AvgIpc) is 2.96. The summed E-state index contributed by atoms with van der Waals surface area (Å²) in [6, 6.07) is 12.9. The molecule has 11 heteroatoms. The van der Waals surface area contributed by atoms with Crippen molar-refractivity contribution in [1.29, 1.82) is 0 Å². The molecular weight excluding hydrogens is 438 g/mol. The predicted octanol–water partition coefficient (Wildman–Crippen LogP) is 2.71. The summed E-state index contributed by atoms with van der Waals surface area (Å²) in [5.74, 6) is -6.00. The standard InChI is InChI=1S/C20H18F2O8S/c1-27-18(24)14-11-7-6-10-13(14)15-16(29-17(23)12-8-4-3-5-9-12)20(21,22)19(28-15)30-31(2,25)26/h3-11,15-16,19H,1-2H3/t15-,16?,19?/m1/s1. The third-order valence-corrected chi connectivity index (χ3v) is 4.94. The zero-order valence-electron chi connectivity index (χ0n) is 16.4. The molecule has 0 saturated carbocycles. The van der Waals surface area contributed by atoms with Gasteiger partial charge in [0.15, 0.2) is 0 Å². The van der Waals surface area contributed by atoms with E-state index in [-0.39, 0.29) is 16.7 Å². The maximum absolute atomic E-state index is 15.1. The van der Waals surface area contributed by atoms with Gasteiger partial charge in [-0.3, -0.25) is 0 Å². The van der Waals surface area contributed by atoms with Gasteiger partial charge in [0, 0.05) is 0 Å². The zero-order chi connectivity index (χ0) is 22.8. The highest BCUT2D eigenvalue weighted by Crippen LogP contribution is 2.47. The molecule has 2 aromatic carbocycles. The van der Waals surface area contributed by atoms with Gasteiger partial charge in [-0.25, -0.2) is 13.8 Å². The molecule has 1 saturated heterocycles. The number of ether oxygens (including phenoxy) is 3. The van der Waals surface area contributed by atoms with E-state index in [0.717, 1.165) is 7.11 Å². The Morgan fingerprint density at radius 1 is 1.00 bits per heavy atom. The average molecular weight is 456 g/mol. The molecule has 1 fully saturated rings. The molecule has 0 aromatic heterocycles. The topological polar surface area (TPSA) is 105 Å². The fourth-order valence-corrected chi connectivity index (χ4v) is 3.54. The molecule has 0 N–H and O–H groups in total. The molecule has 0 bridgehead atoms. The van der Waals surface area contributed by atoms with Crippen LogP contribution in [0.25, 0.3) is 0 Å². The minimum Gasteiger partial charge on any atom is -0.465 e. The molecule has 1 heterocycles. The first kappa shape index (κ1) is 22.8. The molecule has 0 aliphatic carbocycles. The van der Waals surface area contributed by atoms with Gasteiger partial charge < -0.3 is 14.2 Å². The van der Waals surface area contributed by atoms with Gasteiger partial charge in [-0.2, -0.15) is 17.2 Å². The lowest BCUT2D eigenvalue weighted by atomic mass is 9.97. The van der Waals surface area contributed by atoms with Crippen molar-refractivity contribution in [3.05, 3.63) is 71.3 Å². The third kappa shape index (κ3) is 4.89. The van der Waals surface area contributed by atoms with E-state index in [1.807, 2.05) is 0 Å². The molecule has 2 unspecified atom stereocenters. The normalized spacial score (nSPS) is 22.6. The minimum atomic E-state index is -4.36. The lowest BCUT2D eigenvalue weighted by Gasteiger charge is -2.24. The van der Waals surface area contributed by atoms with Crippen molar-refractivity contribution in [3.8, 4) is 0 Å². The van der Waals surface area contributed by atoms with Crippen LogP contribution in [0, 0.1) is 0 Å². The van der Waals surface area contributed by atoms with Crippen molar-refractivity contribution in [2.24, 2.45) is 0 Å². The summed E-state index contributed by atoms with van der Waals surface area (Å²) in [6.07, 6.45) is -6.01. The number of hydrogen-bond acceptors (Lipinski definition) is 8. The lowest BCUT2D eigenvalue weighted by Crippen LogP contribution is -2.43. The highest BCUT2D eigenvalue weighted by molar-refractivity contribution is 7.86. The van der Waals surface area contributed by atoms with E-state index in [2.05, 4.69) is 8.92 Å². The summed E-state index contributed by atoms with van der Waals surface area (Å²) >= 11 is 0. The van der Waals surface area contributed by atoms with Gasteiger partial charge in [-0.05, 0) is 23.8 Å². The van der Waals surface area contributed by atoms with E-state index < -0.39 is 46.5 Å². The van der Waals surface area contributed by atoms with E-state index in [1.54, 1.807) is 6.07 Å². The Bertz CT molecular complexity index is 1070. The second-order valence-electron chi connectivity index (χ2n) is 6.63. The molecular formula is C20H18F2O8S. The van der Waals surface area contributed by atoms with Crippen LogP contribution < -0.4 is 0 Å². The second-order valence-corrected chi connectivity index (χ2v) is 8.23. The smallest absolute Gasteiger partial charge is 0.338 e. The number of halogens is 2. The third-order valence-electron chi connectivity index (χ3n) is 4.42. The number of rotatable bonds is 6. The quantitative estimate of drug-likeness (QED) is 0.483. The van der Waals surface area contributed by atoms with Crippen molar-refractivity contribution in [3.63, 3.8) is 0 Å². The van der Waals surface area contributed by atoms with Crippen LogP contribution in [-0.2, 0) is 28.5 Å². The lowest BCUT2D eigenvalue weighted by molar-refractivity contribution is -0.182. The molecule has 8 nitrogen and oxygen atoms in total. The van der Waals surface area contributed by atoms with E-state index in [1.165, 1.54) is 48.5 Å². The largest absolute Gasteiger partial charge is 0.465 e. The molecule has 2 aromatic rings. The first-order valence-electron chi connectivity index (χ1n) is 8.89. The summed E-state index contributed by atoms with van der Waals surface area (Å²) < 4.78 is 72.5. The van der Waals surface area contributed by atoms with Gasteiger partial charge in [-0.1, -0.05) is 36.4 Å². The number of benzene rings is 2. The van der Waals surface area contributed by atoms with Gasteiger partial charge in [0.05, 0.1) is 24.5 Å². The van der Waals surface area contributed by atoms with Gasteiger partial charge in [-0.15, -0.1) is 0 Å². The van der Waals surface area contributed by atoms with Crippen molar-refractivity contribution in [1.82, 2.24) is 0 Å². The second kappa shape index (κ2) is 8.69. The van der Waals surface area contributed by atoms with Crippen LogP contribution >= 0.6 is 0 Å². The number of alkyl halides is 2. The molecule has 0 amide bonds. The summed E-state index contributed by atoms with van der Waals surface area (Å²) in [6.45, 7) is 0. The first-order valence-corrected chi connectivity index (χ1v) is 10.7. The van der Waals surface area contributed by atoms with E-state index >= 15 is 8.78 Å². The molecule has 1 aliphatic heterocycles. The van der Waals surface area contributed by atoms with Crippen LogP contribution in [0.15, 0.2) is 54.6 Å². The van der Waals surface area contributed by atoms with Crippen LogP contribution in [0.1, 0.15) is 32.4 Å². The predicted molar refractivity (Wildman–Crippen MR) is 102 cm³/mol. The zero-order valence-corrected chi connectivity index (χ0v) is 17.2. The minimum absolute atomic E-state index is 0.00853. The molecule has 0 radical (unpaired) electrons. The van der Waals surface area contributed by atoms with Crippen LogP contribution in [0.5, 0.6) is 0 Å². The van der Waals surface area contributed by atoms with Gasteiger partial charge in [0.1, 0.15) is 6.10 Å². The number of esters is 2. The number of hydrogen-bond donors (Lipinski definition) is 0. The Balaban J connectivity index is 2.04. The van der Waals surface area contributed by atoms with Gasteiger partial charge in [0.25, 0.3) is 10.1 Å². The first-order chi connectivity index (χ1) is 14.5. The van der Waals surface area contributed by atoms with E-state index in [4.69, 9.17) is 9.47 Å². The fourth-order valence-electron chi connectivity index (χ4n) is 3.05. The Morgan fingerprint density at radius 2 is 1.61 bits per heavy atom. The maximum atomic E-state index is 15.1. The van der Waals surface area contributed by atoms with Crippen molar-refractivity contribution in [2.45, 2.75) is 24.4 Å². The highest BCUT2D eigenvalue weighted by Gasteiger charge is 2.64. The molecule has 0 spiro atoms. The SMILES string of the molecule is COC(=O)c1ccccc1[C@H]1OC(OS(C)(=O)=O)C(F)(F)C1OC(=O)c1ccccc1. The van der Waals surface area contributed by atoms with Crippen LogP contribution in [0.3, 0.4) is 0 Å². The Hall–Kier alpha value is -2.89.